The summed E-state index contributed by atoms with van der Waals surface area (Å²) in [6.45, 7) is 9.36. The van der Waals surface area contributed by atoms with Crippen LogP contribution in [0, 0.1) is 20.8 Å². The van der Waals surface area contributed by atoms with Gasteiger partial charge in [0.25, 0.3) is 10.0 Å². The van der Waals surface area contributed by atoms with E-state index >= 15 is 0 Å². The molecule has 1 N–H and O–H groups in total. The van der Waals surface area contributed by atoms with Crippen molar-refractivity contribution in [2.75, 3.05) is 17.4 Å². The van der Waals surface area contributed by atoms with Crippen LogP contribution in [0.15, 0.2) is 71.6 Å². The molecule has 2 amide bonds. The SMILES string of the molecule is CCNC(=O)[C@H](CC)N(Cc1ccc(C)cc1)C(=O)CN(c1ccc(C)c(Cl)c1)S(=O)(=O)c1ccc(C)cc1. The Bertz CT molecular complexity index is 1410. The van der Waals surface area contributed by atoms with Crippen molar-refractivity contribution in [3.8, 4) is 0 Å². The lowest BCUT2D eigenvalue weighted by atomic mass is 10.1. The van der Waals surface area contributed by atoms with E-state index in [-0.39, 0.29) is 23.0 Å². The predicted octanol–water partition coefficient (Wildman–Crippen LogP) is 5.40. The number of benzene rings is 3. The maximum Gasteiger partial charge on any atom is 0.264 e. The summed E-state index contributed by atoms with van der Waals surface area (Å²) in [5.41, 5.74) is 3.86. The molecule has 0 radical (unpaired) electrons. The van der Waals surface area contributed by atoms with Crippen molar-refractivity contribution in [3.63, 3.8) is 0 Å². The minimum absolute atomic E-state index is 0.0541. The van der Waals surface area contributed by atoms with Gasteiger partial charge in [-0.1, -0.05) is 72.1 Å². The van der Waals surface area contributed by atoms with Crippen molar-refractivity contribution in [3.05, 3.63) is 94.0 Å². The van der Waals surface area contributed by atoms with E-state index in [0.29, 0.717) is 18.0 Å². The second kappa shape index (κ2) is 13.1. The molecular weight excluding hydrogens is 534 g/mol. The minimum atomic E-state index is -4.14. The Morgan fingerprint density at radius 2 is 1.49 bits per heavy atom. The number of carbonyl (C=O) groups excluding carboxylic acids is 2. The first-order chi connectivity index (χ1) is 18.5. The van der Waals surface area contributed by atoms with E-state index in [2.05, 4.69) is 5.32 Å². The fraction of sp³-hybridized carbons (Fsp3) is 0.333. The van der Waals surface area contributed by atoms with Crippen LogP contribution in [-0.2, 0) is 26.2 Å². The topological polar surface area (TPSA) is 86.8 Å². The molecule has 0 aliphatic carbocycles. The zero-order valence-corrected chi connectivity index (χ0v) is 24.6. The number of rotatable bonds is 11. The van der Waals surface area contributed by atoms with E-state index in [0.717, 1.165) is 26.6 Å². The third-order valence-corrected chi connectivity index (χ3v) is 8.74. The zero-order valence-electron chi connectivity index (χ0n) is 23.1. The molecule has 0 unspecified atom stereocenters. The molecule has 0 bridgehead atoms. The summed E-state index contributed by atoms with van der Waals surface area (Å²) in [6.07, 6.45) is 0.366. The average molecular weight is 570 g/mol. The second-order valence-corrected chi connectivity index (χ2v) is 11.9. The van der Waals surface area contributed by atoms with Gasteiger partial charge in [0, 0.05) is 18.1 Å². The molecule has 39 heavy (non-hydrogen) atoms. The van der Waals surface area contributed by atoms with Gasteiger partial charge in [-0.25, -0.2) is 8.42 Å². The highest BCUT2D eigenvalue weighted by Crippen LogP contribution is 2.29. The van der Waals surface area contributed by atoms with E-state index in [1.54, 1.807) is 30.3 Å². The van der Waals surface area contributed by atoms with E-state index < -0.39 is 28.5 Å². The van der Waals surface area contributed by atoms with E-state index in [9.17, 15) is 18.0 Å². The quantitative estimate of drug-likeness (QED) is 0.335. The molecule has 0 aliphatic rings. The van der Waals surface area contributed by atoms with Gasteiger partial charge in [0.15, 0.2) is 0 Å². The van der Waals surface area contributed by atoms with Crippen molar-refractivity contribution in [1.29, 1.82) is 0 Å². The Hall–Kier alpha value is -3.36. The Labute approximate surface area is 236 Å². The molecule has 3 rings (SSSR count). The van der Waals surface area contributed by atoms with E-state index in [4.69, 9.17) is 11.6 Å². The molecule has 9 heteroatoms. The molecule has 0 spiro atoms. The monoisotopic (exact) mass is 569 g/mol. The summed E-state index contributed by atoms with van der Waals surface area (Å²) < 4.78 is 28.9. The second-order valence-electron chi connectivity index (χ2n) is 9.58. The lowest BCUT2D eigenvalue weighted by Crippen LogP contribution is -2.52. The van der Waals surface area contributed by atoms with Gasteiger partial charge in [0.2, 0.25) is 11.8 Å². The normalized spacial score (nSPS) is 12.1. The Morgan fingerprint density at radius 3 is 2.03 bits per heavy atom. The Morgan fingerprint density at radius 1 is 0.897 bits per heavy atom. The fourth-order valence-corrected chi connectivity index (χ4v) is 5.79. The van der Waals surface area contributed by atoms with Gasteiger partial charge >= 0.3 is 0 Å². The van der Waals surface area contributed by atoms with Crippen LogP contribution in [0.1, 0.15) is 42.5 Å². The number of sulfonamides is 1. The van der Waals surface area contributed by atoms with E-state index in [1.165, 1.54) is 17.0 Å². The molecule has 1 atom stereocenters. The van der Waals surface area contributed by atoms with Crippen molar-refractivity contribution < 1.29 is 18.0 Å². The zero-order chi connectivity index (χ0) is 28.7. The molecule has 7 nitrogen and oxygen atoms in total. The highest BCUT2D eigenvalue weighted by atomic mass is 35.5. The maximum absolute atomic E-state index is 14.0. The number of halogens is 1. The molecule has 0 fully saturated rings. The predicted molar refractivity (Wildman–Crippen MR) is 156 cm³/mol. The molecule has 0 saturated heterocycles. The van der Waals surface area contributed by atoms with Gasteiger partial charge < -0.3 is 10.2 Å². The summed E-state index contributed by atoms with van der Waals surface area (Å²) in [5.74, 6) is -0.784. The molecule has 0 saturated carbocycles. The van der Waals surface area contributed by atoms with Crippen LogP contribution in [0.25, 0.3) is 0 Å². The fourth-order valence-electron chi connectivity index (χ4n) is 4.20. The number of nitrogens with one attached hydrogen (secondary N) is 1. The van der Waals surface area contributed by atoms with Crippen molar-refractivity contribution >= 4 is 39.1 Å². The first kappa shape index (κ1) is 30.2. The van der Waals surface area contributed by atoms with Crippen LogP contribution in [-0.4, -0.2) is 44.3 Å². The van der Waals surface area contributed by atoms with Gasteiger partial charge in [-0.3, -0.25) is 13.9 Å². The third kappa shape index (κ3) is 7.40. The van der Waals surface area contributed by atoms with Gasteiger partial charge in [-0.2, -0.15) is 0 Å². The summed E-state index contributed by atoms with van der Waals surface area (Å²) >= 11 is 6.37. The molecular formula is C30H36ClN3O4S. The van der Waals surface area contributed by atoms with E-state index in [1.807, 2.05) is 58.9 Å². The summed E-state index contributed by atoms with van der Waals surface area (Å²) in [6, 6.07) is 18.3. The van der Waals surface area contributed by atoms with Crippen molar-refractivity contribution in [2.45, 2.75) is 58.5 Å². The number of aryl methyl sites for hydroxylation is 3. The highest BCUT2D eigenvalue weighted by Gasteiger charge is 2.33. The van der Waals surface area contributed by atoms with Crippen molar-refractivity contribution in [2.24, 2.45) is 0 Å². The lowest BCUT2D eigenvalue weighted by molar-refractivity contribution is -0.140. The molecule has 0 heterocycles. The Kier molecular flexibility index (Phi) is 10.2. The summed E-state index contributed by atoms with van der Waals surface area (Å²) in [5, 5.41) is 3.19. The lowest BCUT2D eigenvalue weighted by Gasteiger charge is -2.33. The molecule has 0 aromatic heterocycles. The minimum Gasteiger partial charge on any atom is -0.355 e. The third-order valence-electron chi connectivity index (χ3n) is 6.54. The van der Waals surface area contributed by atoms with Crippen LogP contribution in [0.3, 0.4) is 0 Å². The van der Waals surface area contributed by atoms with Gasteiger partial charge in [-0.05, 0) is 69.5 Å². The average Bonchev–Trinajstić information content (AvgIpc) is 2.90. The van der Waals surface area contributed by atoms with Crippen molar-refractivity contribution in [1.82, 2.24) is 10.2 Å². The number of hydrogen-bond acceptors (Lipinski definition) is 4. The highest BCUT2D eigenvalue weighted by molar-refractivity contribution is 7.92. The number of carbonyl (C=O) groups is 2. The molecule has 208 valence electrons. The number of anilines is 1. The number of nitrogens with zero attached hydrogens (tertiary/aromatic N) is 2. The Balaban J connectivity index is 2.08. The standard InChI is InChI=1S/C30H36ClN3O4S/c1-6-28(30(36)32-7-2)33(19-24-13-8-21(3)9-14-24)29(35)20-34(25-15-12-23(5)27(31)18-25)39(37,38)26-16-10-22(4)11-17-26/h8-18,28H,6-7,19-20H2,1-5H3,(H,32,36)/t28-/m0/s1. The smallest absolute Gasteiger partial charge is 0.264 e. The maximum atomic E-state index is 14.0. The summed E-state index contributed by atoms with van der Waals surface area (Å²) in [7, 11) is -4.14. The number of likely N-dealkylation sites (N-methyl/N-ethyl adjacent to an activating group) is 1. The van der Waals surface area contributed by atoms with Crippen LogP contribution in [0.4, 0.5) is 5.69 Å². The van der Waals surface area contributed by atoms with Gasteiger partial charge in [0.05, 0.1) is 10.6 Å². The number of amides is 2. The first-order valence-electron chi connectivity index (χ1n) is 13.0. The molecule has 3 aromatic carbocycles. The van der Waals surface area contributed by atoms with Crippen LogP contribution < -0.4 is 9.62 Å². The first-order valence-corrected chi connectivity index (χ1v) is 14.8. The van der Waals surface area contributed by atoms with Crippen LogP contribution in [0.2, 0.25) is 5.02 Å². The molecule has 3 aromatic rings. The summed E-state index contributed by atoms with van der Waals surface area (Å²) in [4.78, 5) is 28.5. The number of hydrogen-bond donors (Lipinski definition) is 1. The van der Waals surface area contributed by atoms with Gasteiger partial charge in [0.1, 0.15) is 12.6 Å². The van der Waals surface area contributed by atoms with Crippen LogP contribution >= 0.6 is 11.6 Å². The van der Waals surface area contributed by atoms with Crippen LogP contribution in [0.5, 0.6) is 0 Å². The van der Waals surface area contributed by atoms with Gasteiger partial charge in [-0.15, -0.1) is 0 Å². The molecule has 0 aliphatic heterocycles. The largest absolute Gasteiger partial charge is 0.355 e.